The van der Waals surface area contributed by atoms with Crippen molar-refractivity contribution >= 4 is 5.97 Å². The van der Waals surface area contributed by atoms with Crippen molar-refractivity contribution in [3.63, 3.8) is 0 Å². The van der Waals surface area contributed by atoms with E-state index in [1.165, 1.54) is 6.08 Å². The molecule has 0 aliphatic rings. The van der Waals surface area contributed by atoms with Gasteiger partial charge in [0.2, 0.25) is 0 Å². The molecule has 0 aliphatic carbocycles. The van der Waals surface area contributed by atoms with Crippen molar-refractivity contribution in [1.82, 2.24) is 0 Å². The van der Waals surface area contributed by atoms with Gasteiger partial charge in [-0.05, 0) is 26.0 Å². The van der Waals surface area contributed by atoms with E-state index in [4.69, 9.17) is 4.89 Å². The molecule has 0 N–H and O–H groups in total. The topological polar surface area (TPSA) is 35.5 Å². The Morgan fingerprint density at radius 1 is 1.21 bits per heavy atom. The molecule has 0 amide bonds. The van der Waals surface area contributed by atoms with Crippen LogP contribution in [0.25, 0.3) is 0 Å². The van der Waals surface area contributed by atoms with E-state index >= 15 is 0 Å². The maximum absolute atomic E-state index is 11.0. The maximum Gasteiger partial charge on any atom is 0.378 e. The Hall–Kier alpha value is -1.77. The molecule has 1 aromatic rings. The van der Waals surface area contributed by atoms with Gasteiger partial charge in [-0.1, -0.05) is 23.8 Å². The van der Waals surface area contributed by atoms with Crippen LogP contribution >= 0.6 is 0 Å². The highest BCUT2D eigenvalue weighted by Gasteiger charge is 1.99. The standard InChI is InChI=1S/C11H12O3/c1-9(2)8-11(12)14-13-10-6-4-3-5-7-10/h3-8H,1-2H3. The molecule has 0 heterocycles. The van der Waals surface area contributed by atoms with Crippen molar-refractivity contribution in [2.45, 2.75) is 13.8 Å². The lowest BCUT2D eigenvalue weighted by Crippen LogP contribution is -2.04. The second kappa shape index (κ2) is 5.07. The number of hydrogen-bond donors (Lipinski definition) is 0. The Bertz CT molecular complexity index is 324. The molecule has 74 valence electrons. The van der Waals surface area contributed by atoms with Gasteiger partial charge in [-0.2, -0.15) is 0 Å². The van der Waals surface area contributed by atoms with Crippen LogP contribution in [0.1, 0.15) is 13.8 Å². The zero-order valence-corrected chi connectivity index (χ0v) is 8.19. The monoisotopic (exact) mass is 192 g/mol. The normalized spacial score (nSPS) is 9.00. The van der Waals surface area contributed by atoms with Gasteiger partial charge in [0, 0.05) is 6.08 Å². The van der Waals surface area contributed by atoms with Gasteiger partial charge in [0.05, 0.1) is 0 Å². The second-order valence-corrected chi connectivity index (χ2v) is 3.02. The van der Waals surface area contributed by atoms with E-state index in [0.717, 1.165) is 5.57 Å². The first kappa shape index (κ1) is 10.3. The molecule has 0 bridgehead atoms. The van der Waals surface area contributed by atoms with Crippen LogP contribution in [0.15, 0.2) is 42.0 Å². The summed E-state index contributed by atoms with van der Waals surface area (Å²) in [5.41, 5.74) is 0.867. The summed E-state index contributed by atoms with van der Waals surface area (Å²) < 4.78 is 0. The molecule has 14 heavy (non-hydrogen) atoms. The van der Waals surface area contributed by atoms with Crippen LogP contribution in [-0.4, -0.2) is 5.97 Å². The molecule has 0 aliphatic heterocycles. The second-order valence-electron chi connectivity index (χ2n) is 3.02. The minimum absolute atomic E-state index is 0.503. The van der Waals surface area contributed by atoms with E-state index in [2.05, 4.69) is 4.89 Å². The minimum atomic E-state index is -0.506. The highest BCUT2D eigenvalue weighted by Crippen LogP contribution is 2.08. The van der Waals surface area contributed by atoms with Gasteiger partial charge in [-0.3, -0.25) is 4.89 Å². The predicted molar refractivity (Wildman–Crippen MR) is 52.6 cm³/mol. The molecule has 0 aromatic heterocycles. The molecule has 0 saturated carbocycles. The van der Waals surface area contributed by atoms with Crippen molar-refractivity contribution in [3.8, 4) is 5.75 Å². The van der Waals surface area contributed by atoms with Crippen molar-refractivity contribution in [2.75, 3.05) is 0 Å². The first-order valence-electron chi connectivity index (χ1n) is 4.27. The molecular formula is C11H12O3. The van der Waals surface area contributed by atoms with Gasteiger partial charge in [-0.25, -0.2) is 9.68 Å². The molecule has 3 heteroatoms. The first-order valence-corrected chi connectivity index (χ1v) is 4.27. The minimum Gasteiger partial charge on any atom is -0.287 e. The number of allylic oxidation sites excluding steroid dienone is 1. The number of hydrogen-bond acceptors (Lipinski definition) is 3. The van der Waals surface area contributed by atoms with E-state index < -0.39 is 5.97 Å². The van der Waals surface area contributed by atoms with E-state index in [9.17, 15) is 4.79 Å². The lowest BCUT2D eigenvalue weighted by atomic mass is 10.3. The Labute approximate surface area is 82.9 Å². The number of carbonyl (C=O) groups is 1. The lowest BCUT2D eigenvalue weighted by Gasteiger charge is -2.01. The molecular weight excluding hydrogens is 180 g/mol. The number of para-hydroxylation sites is 1. The summed E-state index contributed by atoms with van der Waals surface area (Å²) in [5, 5.41) is 0. The average molecular weight is 192 g/mol. The number of rotatable bonds is 3. The Morgan fingerprint density at radius 2 is 1.86 bits per heavy atom. The molecule has 0 fully saturated rings. The molecule has 0 atom stereocenters. The third kappa shape index (κ3) is 3.76. The molecule has 0 radical (unpaired) electrons. The van der Waals surface area contributed by atoms with Crippen LogP contribution in [0.5, 0.6) is 5.75 Å². The molecule has 1 aromatic carbocycles. The van der Waals surface area contributed by atoms with E-state index in [1.54, 1.807) is 24.3 Å². The van der Waals surface area contributed by atoms with Crippen molar-refractivity contribution in [2.24, 2.45) is 0 Å². The smallest absolute Gasteiger partial charge is 0.287 e. The summed E-state index contributed by atoms with van der Waals surface area (Å²) in [7, 11) is 0. The lowest BCUT2D eigenvalue weighted by molar-refractivity contribution is -0.207. The predicted octanol–water partition coefficient (Wildman–Crippen LogP) is 2.49. The Balaban J connectivity index is 2.42. The third-order valence-corrected chi connectivity index (χ3v) is 1.37. The van der Waals surface area contributed by atoms with Crippen LogP contribution in [0.3, 0.4) is 0 Å². The summed E-state index contributed by atoms with van der Waals surface area (Å²) >= 11 is 0. The van der Waals surface area contributed by atoms with Crippen LogP contribution in [-0.2, 0) is 9.68 Å². The van der Waals surface area contributed by atoms with Gasteiger partial charge in [0.15, 0.2) is 5.75 Å². The molecule has 0 saturated heterocycles. The van der Waals surface area contributed by atoms with Crippen LogP contribution in [0.4, 0.5) is 0 Å². The van der Waals surface area contributed by atoms with Gasteiger partial charge in [0.1, 0.15) is 0 Å². The summed E-state index contributed by atoms with van der Waals surface area (Å²) in [4.78, 5) is 20.3. The van der Waals surface area contributed by atoms with Crippen molar-refractivity contribution in [1.29, 1.82) is 0 Å². The summed E-state index contributed by atoms with van der Waals surface area (Å²) in [6, 6.07) is 8.85. The molecule has 0 spiro atoms. The fourth-order valence-corrected chi connectivity index (χ4v) is 0.825. The number of benzene rings is 1. The zero-order chi connectivity index (χ0) is 10.4. The van der Waals surface area contributed by atoms with Gasteiger partial charge in [0.25, 0.3) is 0 Å². The third-order valence-electron chi connectivity index (χ3n) is 1.37. The zero-order valence-electron chi connectivity index (χ0n) is 8.19. The molecule has 3 nitrogen and oxygen atoms in total. The number of carbonyl (C=O) groups excluding carboxylic acids is 1. The fraction of sp³-hybridized carbons (Fsp3) is 0.182. The van der Waals surface area contributed by atoms with Crippen molar-refractivity contribution in [3.05, 3.63) is 42.0 Å². The maximum atomic E-state index is 11.0. The van der Waals surface area contributed by atoms with Gasteiger partial charge >= 0.3 is 5.97 Å². The van der Waals surface area contributed by atoms with Crippen LogP contribution < -0.4 is 4.89 Å². The highest BCUT2D eigenvalue weighted by molar-refractivity contribution is 5.82. The van der Waals surface area contributed by atoms with Gasteiger partial charge in [-0.15, -0.1) is 0 Å². The van der Waals surface area contributed by atoms with E-state index in [1.807, 2.05) is 19.9 Å². The average Bonchev–Trinajstić information content (AvgIpc) is 2.15. The SMILES string of the molecule is CC(C)=CC(=O)OOc1ccccc1. The van der Waals surface area contributed by atoms with Crippen molar-refractivity contribution < 1.29 is 14.6 Å². The highest BCUT2D eigenvalue weighted by atomic mass is 17.2. The largest absolute Gasteiger partial charge is 0.378 e. The van der Waals surface area contributed by atoms with Gasteiger partial charge < -0.3 is 0 Å². The first-order chi connectivity index (χ1) is 6.68. The van der Waals surface area contributed by atoms with E-state index in [-0.39, 0.29) is 0 Å². The quantitative estimate of drug-likeness (QED) is 0.419. The summed E-state index contributed by atoms with van der Waals surface area (Å²) in [6.07, 6.45) is 1.36. The Kier molecular flexibility index (Phi) is 3.73. The summed E-state index contributed by atoms with van der Waals surface area (Å²) in [5.74, 6) is -0.00291. The van der Waals surface area contributed by atoms with Crippen LogP contribution in [0, 0.1) is 0 Å². The molecule has 1 rings (SSSR count). The van der Waals surface area contributed by atoms with Crippen LogP contribution in [0.2, 0.25) is 0 Å². The Morgan fingerprint density at radius 3 is 2.43 bits per heavy atom. The fourth-order valence-electron chi connectivity index (χ4n) is 0.825. The molecule has 0 unspecified atom stereocenters. The summed E-state index contributed by atoms with van der Waals surface area (Å²) in [6.45, 7) is 3.62. The van der Waals surface area contributed by atoms with E-state index in [0.29, 0.717) is 5.75 Å².